The van der Waals surface area contributed by atoms with Crippen LogP contribution >= 0.6 is 11.8 Å². The van der Waals surface area contributed by atoms with E-state index in [1.54, 1.807) is 7.05 Å². The Balaban J connectivity index is 1.62. The average Bonchev–Trinajstić information content (AvgIpc) is 3.33. The summed E-state index contributed by atoms with van der Waals surface area (Å²) in [5.74, 6) is -6.41. The molecule has 1 aliphatic rings. The van der Waals surface area contributed by atoms with Gasteiger partial charge in [-0.15, -0.1) is 5.10 Å². The minimum atomic E-state index is -2.94. The number of carbonyl (C=O) groups is 1. The summed E-state index contributed by atoms with van der Waals surface area (Å²) in [5.41, 5.74) is -0.438. The van der Waals surface area contributed by atoms with Gasteiger partial charge in [-0.05, 0) is 52.7 Å². The van der Waals surface area contributed by atoms with Crippen LogP contribution in [0, 0.1) is 15.9 Å². The van der Waals surface area contributed by atoms with Crippen molar-refractivity contribution in [2.45, 2.75) is 41.2 Å². The highest BCUT2D eigenvalue weighted by atomic mass is 32.2. The number of aromatic nitrogens is 5. The highest BCUT2D eigenvalue weighted by molar-refractivity contribution is 7.99. The first-order chi connectivity index (χ1) is 15.7. The lowest BCUT2D eigenvalue weighted by Gasteiger charge is -2.19. The van der Waals surface area contributed by atoms with Crippen molar-refractivity contribution in [2.24, 2.45) is 7.05 Å². The monoisotopic (exact) mass is 479 g/mol. The highest BCUT2D eigenvalue weighted by Gasteiger charge is 2.44. The average molecular weight is 479 g/mol. The van der Waals surface area contributed by atoms with Gasteiger partial charge in [0.1, 0.15) is 0 Å². The summed E-state index contributed by atoms with van der Waals surface area (Å²) in [6.45, 7) is 0. The number of rotatable bonds is 6. The third-order valence-electron chi connectivity index (χ3n) is 5.21. The number of halogens is 3. The molecule has 172 valence electrons. The van der Waals surface area contributed by atoms with Crippen LogP contribution in [0.3, 0.4) is 0 Å². The predicted octanol–water partition coefficient (Wildman–Crippen LogP) is 3.96. The Morgan fingerprint density at radius 3 is 2.76 bits per heavy atom. The number of nitro benzene ring substituents is 1. The number of carbonyl (C=O) groups excluding carboxylic acids is 1. The first-order valence-corrected chi connectivity index (χ1v) is 10.5. The minimum Gasteiger partial charge on any atom is -0.304 e. The van der Waals surface area contributed by atoms with E-state index in [-0.39, 0.29) is 34.6 Å². The van der Waals surface area contributed by atoms with Crippen LogP contribution in [-0.4, -0.2) is 41.9 Å². The van der Waals surface area contributed by atoms with Gasteiger partial charge in [0.25, 0.3) is 17.5 Å². The van der Waals surface area contributed by atoms with Crippen LogP contribution in [0.5, 0.6) is 0 Å². The number of aryl methyl sites for hydroxylation is 1. The fourth-order valence-corrected chi connectivity index (χ4v) is 4.39. The third kappa shape index (κ3) is 4.65. The van der Waals surface area contributed by atoms with Crippen LogP contribution < -0.4 is 5.32 Å². The van der Waals surface area contributed by atoms with Crippen molar-refractivity contribution in [3.63, 3.8) is 0 Å². The molecule has 10 nitrogen and oxygen atoms in total. The Hall–Kier alpha value is -3.55. The molecule has 1 N–H and O–H groups in total. The molecule has 1 aromatic carbocycles. The van der Waals surface area contributed by atoms with Crippen LogP contribution in [0.2, 0.25) is 0 Å². The smallest absolute Gasteiger partial charge is 0.270 e. The van der Waals surface area contributed by atoms with Crippen LogP contribution in [0.4, 0.5) is 24.7 Å². The van der Waals surface area contributed by atoms with Gasteiger partial charge in [0.15, 0.2) is 11.6 Å². The molecular weight excluding hydrogens is 463 g/mol. The summed E-state index contributed by atoms with van der Waals surface area (Å²) in [6, 6.07) is 4.52. The molecule has 1 aliphatic carbocycles. The summed E-state index contributed by atoms with van der Waals surface area (Å²) in [7, 11) is 1.57. The first-order valence-electron chi connectivity index (χ1n) is 9.69. The Morgan fingerprint density at radius 2 is 2.15 bits per heavy atom. The minimum absolute atomic E-state index is 0.0503. The third-order valence-corrected chi connectivity index (χ3v) is 6.31. The Labute approximate surface area is 188 Å². The van der Waals surface area contributed by atoms with E-state index in [1.807, 2.05) is 0 Å². The largest absolute Gasteiger partial charge is 0.304 e. The van der Waals surface area contributed by atoms with Crippen molar-refractivity contribution in [1.82, 2.24) is 25.2 Å². The maximum Gasteiger partial charge on any atom is 0.270 e. The first kappa shape index (κ1) is 22.6. The Bertz CT molecular complexity index is 1240. The van der Waals surface area contributed by atoms with Crippen LogP contribution in [-0.2, 0) is 7.05 Å². The molecule has 3 aromatic rings. The summed E-state index contributed by atoms with van der Waals surface area (Å²) in [6.07, 6.45) is 1.38. The maximum absolute atomic E-state index is 14.6. The van der Waals surface area contributed by atoms with Crippen molar-refractivity contribution in [3.8, 4) is 0 Å². The Morgan fingerprint density at radius 1 is 1.36 bits per heavy atom. The molecule has 0 bridgehead atoms. The summed E-state index contributed by atoms with van der Waals surface area (Å²) in [4.78, 5) is 27.5. The van der Waals surface area contributed by atoms with E-state index in [0.717, 1.165) is 30.1 Å². The summed E-state index contributed by atoms with van der Waals surface area (Å²) < 4.78 is 44.0. The van der Waals surface area contributed by atoms with Gasteiger partial charge < -0.3 is 5.32 Å². The van der Waals surface area contributed by atoms with E-state index >= 15 is 0 Å². The molecule has 14 heteroatoms. The van der Waals surface area contributed by atoms with Crippen molar-refractivity contribution in [2.75, 3.05) is 5.32 Å². The van der Waals surface area contributed by atoms with Crippen LogP contribution in [0.1, 0.15) is 41.1 Å². The maximum atomic E-state index is 14.6. The van der Waals surface area contributed by atoms with E-state index in [0.29, 0.717) is 11.6 Å². The fraction of sp³-hybridized carbons (Fsp3) is 0.316. The number of pyridine rings is 1. The van der Waals surface area contributed by atoms with E-state index in [4.69, 9.17) is 0 Å². The van der Waals surface area contributed by atoms with E-state index in [1.165, 1.54) is 16.8 Å². The van der Waals surface area contributed by atoms with E-state index in [9.17, 15) is 28.1 Å². The van der Waals surface area contributed by atoms with Gasteiger partial charge in [-0.1, -0.05) is 0 Å². The lowest BCUT2D eigenvalue weighted by Crippen LogP contribution is -2.21. The molecule has 1 amide bonds. The number of non-ortho nitro benzene ring substituents is 1. The van der Waals surface area contributed by atoms with Gasteiger partial charge in [0.2, 0.25) is 5.16 Å². The molecule has 0 aliphatic heterocycles. The second kappa shape index (κ2) is 8.77. The lowest BCUT2D eigenvalue weighted by atomic mass is 9.96. The molecule has 33 heavy (non-hydrogen) atoms. The number of hydrogen-bond donors (Lipinski definition) is 1. The van der Waals surface area contributed by atoms with Crippen LogP contribution in [0.15, 0.2) is 40.5 Å². The standard InChI is InChI=1S/C19H16F3N7O3S/c1-28-18(25-26-27-28)33-15-5-4-11(29(31)32)8-12(15)17(30)24-16-14(20)7-10(9-23-16)13-3-2-6-19(13,21)22/h4-5,7-9,13H,2-3,6H2,1H3,(H,23,24,30). The number of nitro groups is 1. The second-order valence-corrected chi connectivity index (χ2v) is 8.39. The Kier molecular flexibility index (Phi) is 6.01. The van der Waals surface area contributed by atoms with E-state index in [2.05, 4.69) is 25.8 Å². The predicted molar refractivity (Wildman–Crippen MR) is 110 cm³/mol. The SMILES string of the molecule is Cn1nnnc1Sc1ccc([N+](=O)[O-])cc1C(=O)Nc1ncc(C2CCCC2(F)F)cc1F. The van der Waals surface area contributed by atoms with E-state index < -0.39 is 34.3 Å². The van der Waals surface area contributed by atoms with Gasteiger partial charge in [0, 0.05) is 42.6 Å². The van der Waals surface area contributed by atoms with Gasteiger partial charge in [0.05, 0.1) is 10.5 Å². The molecule has 1 atom stereocenters. The number of amides is 1. The van der Waals surface area contributed by atoms with Crippen molar-refractivity contribution in [1.29, 1.82) is 0 Å². The molecule has 1 fully saturated rings. The lowest BCUT2D eigenvalue weighted by molar-refractivity contribution is -0.384. The number of nitrogens with zero attached hydrogens (tertiary/aromatic N) is 6. The van der Waals surface area contributed by atoms with Crippen molar-refractivity contribution >= 4 is 29.2 Å². The molecule has 1 saturated carbocycles. The fourth-order valence-electron chi connectivity index (χ4n) is 3.55. The molecular formula is C19H16F3N7O3S. The number of alkyl halides is 2. The van der Waals surface area contributed by atoms with Gasteiger partial charge in [-0.3, -0.25) is 14.9 Å². The van der Waals surface area contributed by atoms with Crippen molar-refractivity contribution in [3.05, 3.63) is 57.5 Å². The van der Waals surface area contributed by atoms with Crippen molar-refractivity contribution < 1.29 is 22.9 Å². The quantitative estimate of drug-likeness (QED) is 0.416. The van der Waals surface area contributed by atoms with Gasteiger partial charge in [-0.25, -0.2) is 22.8 Å². The molecule has 2 heterocycles. The molecule has 1 unspecified atom stereocenters. The molecule has 2 aromatic heterocycles. The second-order valence-electron chi connectivity index (χ2n) is 7.38. The summed E-state index contributed by atoms with van der Waals surface area (Å²) >= 11 is 0.976. The van der Waals surface area contributed by atoms with Gasteiger partial charge >= 0.3 is 0 Å². The molecule has 4 rings (SSSR count). The zero-order valence-corrected chi connectivity index (χ0v) is 17.9. The zero-order chi connectivity index (χ0) is 23.8. The highest BCUT2D eigenvalue weighted by Crippen LogP contribution is 2.46. The number of anilines is 1. The number of tetrazole rings is 1. The number of hydrogen-bond acceptors (Lipinski definition) is 8. The molecule has 0 saturated heterocycles. The molecule has 0 spiro atoms. The number of benzene rings is 1. The number of nitrogens with one attached hydrogen (secondary N) is 1. The van der Waals surface area contributed by atoms with Gasteiger partial charge in [-0.2, -0.15) is 0 Å². The zero-order valence-electron chi connectivity index (χ0n) is 17.0. The molecule has 0 radical (unpaired) electrons. The summed E-state index contributed by atoms with van der Waals surface area (Å²) in [5, 5.41) is 24.7. The van der Waals surface area contributed by atoms with Crippen LogP contribution in [0.25, 0.3) is 0 Å². The normalized spacial score (nSPS) is 17.2. The topological polar surface area (TPSA) is 129 Å².